The van der Waals surface area contributed by atoms with E-state index in [0.29, 0.717) is 25.4 Å². The Morgan fingerprint density at radius 3 is 2.88 bits per heavy atom. The van der Waals surface area contributed by atoms with Crippen LogP contribution in [0.4, 0.5) is 4.39 Å². The van der Waals surface area contributed by atoms with Gasteiger partial charge in [0.15, 0.2) is 6.61 Å². The third-order valence-electron chi connectivity index (χ3n) is 5.28. The van der Waals surface area contributed by atoms with E-state index in [2.05, 4.69) is 0 Å². The molecule has 0 aromatic heterocycles. The summed E-state index contributed by atoms with van der Waals surface area (Å²) in [5, 5.41) is 0. The van der Waals surface area contributed by atoms with E-state index in [9.17, 15) is 9.18 Å². The first-order chi connectivity index (χ1) is 12.1. The molecule has 1 aromatic rings. The summed E-state index contributed by atoms with van der Waals surface area (Å²) in [7, 11) is 0. The van der Waals surface area contributed by atoms with Crippen LogP contribution in [0.5, 0.6) is 5.75 Å². The number of likely N-dealkylation sites (tertiary alicyclic amines) is 1. The Morgan fingerprint density at radius 2 is 2.12 bits per heavy atom. The molecule has 6 heteroatoms. The Hall–Kier alpha value is -1.66. The van der Waals surface area contributed by atoms with Gasteiger partial charge < -0.3 is 19.1 Å². The Balaban J connectivity index is 1.24. The minimum absolute atomic E-state index is 0.0384. The van der Waals surface area contributed by atoms with Gasteiger partial charge in [-0.05, 0) is 49.4 Å². The predicted octanol–water partition coefficient (Wildman–Crippen LogP) is 2.39. The second kappa shape index (κ2) is 6.92. The van der Waals surface area contributed by atoms with Crippen molar-refractivity contribution >= 4 is 5.91 Å². The summed E-state index contributed by atoms with van der Waals surface area (Å²) in [5.74, 6) is 0.861. The molecule has 2 heterocycles. The lowest BCUT2D eigenvalue weighted by atomic mass is 9.98. The van der Waals surface area contributed by atoms with E-state index in [1.54, 1.807) is 4.90 Å². The fourth-order valence-corrected chi connectivity index (χ4v) is 3.58. The molecule has 1 saturated carbocycles. The first-order valence-electron chi connectivity index (χ1n) is 9.04. The van der Waals surface area contributed by atoms with Gasteiger partial charge in [-0.15, -0.1) is 0 Å². The average molecular weight is 349 g/mol. The van der Waals surface area contributed by atoms with Crippen molar-refractivity contribution in [2.75, 3.05) is 32.9 Å². The summed E-state index contributed by atoms with van der Waals surface area (Å²) < 4.78 is 30.3. The van der Waals surface area contributed by atoms with Crippen molar-refractivity contribution < 1.29 is 23.4 Å². The van der Waals surface area contributed by atoms with Crippen LogP contribution in [0.1, 0.15) is 25.7 Å². The van der Waals surface area contributed by atoms with E-state index in [0.717, 1.165) is 25.4 Å². The van der Waals surface area contributed by atoms with Crippen LogP contribution in [-0.4, -0.2) is 55.4 Å². The number of rotatable bonds is 6. The normalized spacial score (nSPS) is 28.7. The summed E-state index contributed by atoms with van der Waals surface area (Å²) in [5.41, 5.74) is -0.250. The highest BCUT2D eigenvalue weighted by molar-refractivity contribution is 5.78. The molecule has 1 aliphatic carbocycles. The van der Waals surface area contributed by atoms with Gasteiger partial charge in [-0.1, -0.05) is 0 Å². The van der Waals surface area contributed by atoms with Gasteiger partial charge in [0, 0.05) is 26.1 Å². The van der Waals surface area contributed by atoms with Crippen LogP contribution in [0.3, 0.4) is 0 Å². The molecule has 2 aliphatic heterocycles. The fourth-order valence-electron chi connectivity index (χ4n) is 3.58. The van der Waals surface area contributed by atoms with Crippen molar-refractivity contribution in [2.24, 2.45) is 5.92 Å². The van der Waals surface area contributed by atoms with Crippen molar-refractivity contribution in [3.8, 4) is 5.75 Å². The Kier molecular flexibility index (Phi) is 4.65. The maximum Gasteiger partial charge on any atom is 0.260 e. The van der Waals surface area contributed by atoms with Crippen LogP contribution >= 0.6 is 0 Å². The zero-order chi connectivity index (χ0) is 17.3. The highest BCUT2D eigenvalue weighted by atomic mass is 19.1. The predicted molar refractivity (Wildman–Crippen MR) is 88.9 cm³/mol. The van der Waals surface area contributed by atoms with E-state index in [4.69, 9.17) is 14.2 Å². The van der Waals surface area contributed by atoms with Gasteiger partial charge in [0.1, 0.15) is 11.6 Å². The summed E-state index contributed by atoms with van der Waals surface area (Å²) in [4.78, 5) is 14.2. The molecule has 25 heavy (non-hydrogen) atoms. The maximum absolute atomic E-state index is 12.9. The maximum atomic E-state index is 12.9. The molecular formula is C19H24FNO4. The van der Waals surface area contributed by atoms with E-state index in [1.807, 2.05) is 0 Å². The second-order valence-corrected chi connectivity index (χ2v) is 7.40. The summed E-state index contributed by atoms with van der Waals surface area (Å²) in [6.07, 6.45) is 4.44. The van der Waals surface area contributed by atoms with E-state index in [-0.39, 0.29) is 30.0 Å². The quantitative estimate of drug-likeness (QED) is 0.791. The number of ether oxygens (including phenoxy) is 3. The lowest BCUT2D eigenvalue weighted by molar-refractivity contribution is -0.133. The topological polar surface area (TPSA) is 48.0 Å². The molecule has 3 aliphatic rings. The SMILES string of the molecule is O=C(COc1ccc(F)cc1)N1CC[C@]2(C[C@@H](OCC3CC3)CO2)C1. The molecule has 1 spiro atoms. The first-order valence-corrected chi connectivity index (χ1v) is 9.04. The molecule has 0 unspecified atom stereocenters. The largest absolute Gasteiger partial charge is 0.484 e. The van der Waals surface area contributed by atoms with Crippen molar-refractivity contribution in [1.82, 2.24) is 4.90 Å². The number of benzene rings is 1. The zero-order valence-corrected chi connectivity index (χ0v) is 14.3. The monoisotopic (exact) mass is 349 g/mol. The summed E-state index contributed by atoms with van der Waals surface area (Å²) in [6.45, 7) is 2.71. The van der Waals surface area contributed by atoms with Gasteiger partial charge in [0.25, 0.3) is 5.91 Å². The number of carbonyl (C=O) groups is 1. The van der Waals surface area contributed by atoms with E-state index >= 15 is 0 Å². The third kappa shape index (κ3) is 4.12. The minimum Gasteiger partial charge on any atom is -0.484 e. The molecular weight excluding hydrogens is 325 g/mol. The molecule has 3 fully saturated rings. The third-order valence-corrected chi connectivity index (χ3v) is 5.28. The van der Waals surface area contributed by atoms with Crippen LogP contribution in [0.2, 0.25) is 0 Å². The van der Waals surface area contributed by atoms with Crippen molar-refractivity contribution in [3.05, 3.63) is 30.1 Å². The van der Waals surface area contributed by atoms with Crippen LogP contribution < -0.4 is 4.74 Å². The van der Waals surface area contributed by atoms with Gasteiger partial charge in [-0.2, -0.15) is 0 Å². The summed E-state index contributed by atoms with van der Waals surface area (Å²) in [6, 6.07) is 5.68. The van der Waals surface area contributed by atoms with Crippen LogP contribution in [0, 0.1) is 11.7 Å². The van der Waals surface area contributed by atoms with Crippen molar-refractivity contribution in [3.63, 3.8) is 0 Å². The minimum atomic E-state index is -0.322. The molecule has 2 saturated heterocycles. The number of hydrogen-bond donors (Lipinski definition) is 0. The highest BCUT2D eigenvalue weighted by Crippen LogP contribution is 2.37. The second-order valence-electron chi connectivity index (χ2n) is 7.40. The van der Waals surface area contributed by atoms with E-state index in [1.165, 1.54) is 37.1 Å². The van der Waals surface area contributed by atoms with Gasteiger partial charge in [-0.3, -0.25) is 4.79 Å². The molecule has 1 amide bonds. The number of nitrogens with zero attached hydrogens (tertiary/aromatic N) is 1. The van der Waals surface area contributed by atoms with Gasteiger partial charge >= 0.3 is 0 Å². The van der Waals surface area contributed by atoms with Gasteiger partial charge in [-0.25, -0.2) is 4.39 Å². The molecule has 0 radical (unpaired) electrons. The molecule has 2 atom stereocenters. The van der Waals surface area contributed by atoms with Crippen LogP contribution in [-0.2, 0) is 14.3 Å². The van der Waals surface area contributed by atoms with E-state index < -0.39 is 0 Å². The lowest BCUT2D eigenvalue weighted by Crippen LogP contribution is -2.38. The number of amides is 1. The molecule has 136 valence electrons. The Labute approximate surface area is 147 Å². The number of halogens is 1. The Bertz CT molecular complexity index is 618. The first kappa shape index (κ1) is 16.8. The van der Waals surface area contributed by atoms with Crippen LogP contribution in [0.25, 0.3) is 0 Å². The molecule has 1 aromatic carbocycles. The standard InChI is InChI=1S/C19H24FNO4/c20-15-3-5-16(6-4-15)24-12-18(22)21-8-7-19(13-21)9-17(11-25-19)23-10-14-1-2-14/h3-6,14,17H,1-2,7-13H2/t17-,19+/m1/s1. The van der Waals surface area contributed by atoms with Gasteiger partial charge in [0.2, 0.25) is 0 Å². The Morgan fingerprint density at radius 1 is 1.32 bits per heavy atom. The molecule has 0 bridgehead atoms. The van der Waals surface area contributed by atoms with Crippen molar-refractivity contribution in [1.29, 1.82) is 0 Å². The molecule has 5 nitrogen and oxygen atoms in total. The van der Waals surface area contributed by atoms with Crippen molar-refractivity contribution in [2.45, 2.75) is 37.4 Å². The highest BCUT2D eigenvalue weighted by Gasteiger charge is 2.47. The lowest BCUT2D eigenvalue weighted by Gasteiger charge is -2.23. The van der Waals surface area contributed by atoms with Gasteiger partial charge in [0.05, 0.1) is 18.3 Å². The fraction of sp³-hybridized carbons (Fsp3) is 0.632. The number of hydrogen-bond acceptors (Lipinski definition) is 4. The zero-order valence-electron chi connectivity index (χ0n) is 14.3. The van der Waals surface area contributed by atoms with Crippen LogP contribution in [0.15, 0.2) is 24.3 Å². The number of carbonyl (C=O) groups excluding carboxylic acids is 1. The summed E-state index contributed by atoms with van der Waals surface area (Å²) >= 11 is 0. The molecule has 0 N–H and O–H groups in total. The molecule has 4 rings (SSSR count). The average Bonchev–Trinajstić information content (AvgIpc) is 3.23. The smallest absolute Gasteiger partial charge is 0.260 e.